The molecule has 5 nitrogen and oxygen atoms in total. The van der Waals surface area contributed by atoms with Crippen LogP contribution in [0.4, 0.5) is 16.6 Å². The van der Waals surface area contributed by atoms with Crippen molar-refractivity contribution < 1.29 is 4.79 Å². The number of benzene rings is 1. The highest BCUT2D eigenvalue weighted by molar-refractivity contribution is 9.10. The molecular formula is C13H15BrN4OS. The second-order valence-electron chi connectivity index (χ2n) is 4.35. The molecule has 20 heavy (non-hydrogen) atoms. The number of rotatable bonds is 3. The number of nitrogens with zero attached hydrogens (tertiary/aromatic N) is 1. The molecule has 1 heterocycles. The van der Waals surface area contributed by atoms with Crippen LogP contribution in [-0.4, -0.2) is 17.9 Å². The number of halogens is 1. The highest BCUT2D eigenvalue weighted by atomic mass is 79.9. The molecule has 2 aromatic rings. The molecule has 0 unspecified atom stereocenters. The van der Waals surface area contributed by atoms with Crippen molar-refractivity contribution in [3.8, 4) is 0 Å². The normalized spacial score (nSPS) is 10.4. The lowest BCUT2D eigenvalue weighted by Crippen LogP contribution is -2.14. The Morgan fingerprint density at radius 1 is 1.35 bits per heavy atom. The summed E-state index contributed by atoms with van der Waals surface area (Å²) in [7, 11) is 1.74. The SMILES string of the molecule is CNc1nc(N)c(C(=O)Nc2c(C)cc(Br)cc2C)s1. The maximum atomic E-state index is 12.3. The van der Waals surface area contributed by atoms with Crippen LogP contribution in [0.3, 0.4) is 0 Å². The van der Waals surface area contributed by atoms with Gasteiger partial charge in [0.2, 0.25) is 0 Å². The molecule has 1 amide bonds. The van der Waals surface area contributed by atoms with E-state index >= 15 is 0 Å². The van der Waals surface area contributed by atoms with Crippen molar-refractivity contribution in [3.05, 3.63) is 32.6 Å². The first-order valence-electron chi connectivity index (χ1n) is 5.94. The molecule has 4 N–H and O–H groups in total. The topological polar surface area (TPSA) is 80.0 Å². The molecule has 0 saturated carbocycles. The molecule has 0 bridgehead atoms. The van der Waals surface area contributed by atoms with Crippen molar-refractivity contribution in [1.82, 2.24) is 4.98 Å². The molecule has 0 radical (unpaired) electrons. The molecular weight excluding hydrogens is 340 g/mol. The van der Waals surface area contributed by atoms with Gasteiger partial charge >= 0.3 is 0 Å². The number of carbonyl (C=O) groups excluding carboxylic acids is 1. The molecule has 2 rings (SSSR count). The van der Waals surface area contributed by atoms with E-state index in [-0.39, 0.29) is 11.7 Å². The van der Waals surface area contributed by atoms with Crippen LogP contribution in [0.1, 0.15) is 20.8 Å². The Kier molecular flexibility index (Phi) is 4.29. The monoisotopic (exact) mass is 354 g/mol. The van der Waals surface area contributed by atoms with Crippen molar-refractivity contribution in [2.45, 2.75) is 13.8 Å². The van der Waals surface area contributed by atoms with Gasteiger partial charge in [-0.3, -0.25) is 4.79 Å². The van der Waals surface area contributed by atoms with Gasteiger partial charge in [-0.1, -0.05) is 27.3 Å². The number of nitrogens with one attached hydrogen (secondary N) is 2. The molecule has 0 aliphatic heterocycles. The van der Waals surface area contributed by atoms with Crippen molar-refractivity contribution in [3.63, 3.8) is 0 Å². The second-order valence-corrected chi connectivity index (χ2v) is 6.27. The van der Waals surface area contributed by atoms with Crippen molar-refractivity contribution >= 4 is 49.8 Å². The van der Waals surface area contributed by atoms with Crippen LogP contribution >= 0.6 is 27.3 Å². The predicted octanol–water partition coefficient (Wildman–Crippen LogP) is 3.40. The van der Waals surface area contributed by atoms with E-state index in [1.54, 1.807) is 7.05 Å². The average molecular weight is 355 g/mol. The number of aromatic nitrogens is 1. The first kappa shape index (κ1) is 14.8. The Morgan fingerprint density at radius 2 is 1.95 bits per heavy atom. The number of anilines is 3. The van der Waals surface area contributed by atoms with Crippen LogP contribution in [0.5, 0.6) is 0 Å². The zero-order valence-corrected chi connectivity index (χ0v) is 13.8. The Morgan fingerprint density at radius 3 is 2.45 bits per heavy atom. The summed E-state index contributed by atoms with van der Waals surface area (Å²) in [4.78, 5) is 16.8. The second kappa shape index (κ2) is 5.80. The fourth-order valence-corrected chi connectivity index (χ4v) is 3.30. The van der Waals surface area contributed by atoms with Gasteiger partial charge in [-0.15, -0.1) is 0 Å². The summed E-state index contributed by atoms with van der Waals surface area (Å²) in [5.41, 5.74) is 8.54. The Bertz CT molecular complexity index is 645. The zero-order valence-electron chi connectivity index (χ0n) is 11.4. The van der Waals surface area contributed by atoms with Gasteiger partial charge in [-0.2, -0.15) is 0 Å². The van der Waals surface area contributed by atoms with E-state index in [2.05, 4.69) is 31.5 Å². The molecule has 1 aromatic heterocycles. The molecule has 0 aliphatic rings. The van der Waals surface area contributed by atoms with Gasteiger partial charge in [0, 0.05) is 17.2 Å². The standard InChI is InChI=1S/C13H15BrN4OS/c1-6-4-8(14)5-7(2)9(6)17-12(19)10-11(15)18-13(16-3)20-10/h4-5H,15H2,1-3H3,(H,16,18)(H,17,19). The Hall–Kier alpha value is -1.60. The lowest BCUT2D eigenvalue weighted by Gasteiger charge is -2.11. The molecule has 0 fully saturated rings. The van der Waals surface area contributed by atoms with Crippen LogP contribution in [-0.2, 0) is 0 Å². The molecule has 0 atom stereocenters. The van der Waals surface area contributed by atoms with Crippen LogP contribution in [0.2, 0.25) is 0 Å². The molecule has 7 heteroatoms. The van der Waals surface area contributed by atoms with E-state index in [9.17, 15) is 4.79 Å². The van der Waals surface area contributed by atoms with Gasteiger partial charge in [0.25, 0.3) is 5.91 Å². The quantitative estimate of drug-likeness (QED) is 0.788. The van der Waals surface area contributed by atoms with Crippen LogP contribution in [0.25, 0.3) is 0 Å². The lowest BCUT2D eigenvalue weighted by atomic mass is 10.1. The Balaban J connectivity index is 2.30. The minimum atomic E-state index is -0.241. The molecule has 0 saturated heterocycles. The van der Waals surface area contributed by atoms with E-state index < -0.39 is 0 Å². The summed E-state index contributed by atoms with van der Waals surface area (Å²) in [6, 6.07) is 3.91. The zero-order chi connectivity index (χ0) is 14.9. The average Bonchev–Trinajstić information content (AvgIpc) is 2.75. The van der Waals surface area contributed by atoms with Gasteiger partial charge in [0.05, 0.1) is 0 Å². The first-order chi connectivity index (χ1) is 9.42. The number of hydrogen-bond donors (Lipinski definition) is 3. The molecule has 106 valence electrons. The van der Waals surface area contributed by atoms with Crippen LogP contribution in [0, 0.1) is 13.8 Å². The third-order valence-electron chi connectivity index (χ3n) is 2.81. The van der Waals surface area contributed by atoms with Crippen molar-refractivity contribution in [2.75, 3.05) is 23.4 Å². The fourth-order valence-electron chi connectivity index (χ4n) is 1.88. The van der Waals surface area contributed by atoms with Gasteiger partial charge in [0.15, 0.2) is 5.13 Å². The smallest absolute Gasteiger partial charge is 0.269 e. The lowest BCUT2D eigenvalue weighted by molar-refractivity contribution is 0.103. The summed E-state index contributed by atoms with van der Waals surface area (Å²) < 4.78 is 0.986. The highest BCUT2D eigenvalue weighted by Gasteiger charge is 2.17. The minimum Gasteiger partial charge on any atom is -0.382 e. The van der Waals surface area contributed by atoms with Gasteiger partial charge in [0.1, 0.15) is 10.7 Å². The minimum absolute atomic E-state index is 0.240. The third kappa shape index (κ3) is 2.94. The van der Waals surface area contributed by atoms with Gasteiger partial charge in [-0.05, 0) is 37.1 Å². The predicted molar refractivity (Wildman–Crippen MR) is 87.6 cm³/mol. The maximum Gasteiger partial charge on any atom is 0.269 e. The summed E-state index contributed by atoms with van der Waals surface area (Å²) in [6.45, 7) is 3.89. The van der Waals surface area contributed by atoms with Crippen molar-refractivity contribution in [1.29, 1.82) is 0 Å². The van der Waals surface area contributed by atoms with Crippen LogP contribution in [0.15, 0.2) is 16.6 Å². The third-order valence-corrected chi connectivity index (χ3v) is 4.35. The molecule has 0 aliphatic carbocycles. The van der Waals surface area contributed by atoms with Gasteiger partial charge in [-0.25, -0.2) is 4.98 Å². The number of thiazole rings is 1. The summed E-state index contributed by atoms with van der Waals surface area (Å²) >= 11 is 4.67. The van der Waals surface area contributed by atoms with E-state index in [4.69, 9.17) is 5.73 Å². The summed E-state index contributed by atoms with van der Waals surface area (Å²) in [5, 5.41) is 6.40. The first-order valence-corrected chi connectivity index (χ1v) is 7.55. The number of carbonyl (C=O) groups is 1. The maximum absolute atomic E-state index is 12.3. The van der Waals surface area contributed by atoms with E-state index in [1.807, 2.05) is 26.0 Å². The van der Waals surface area contributed by atoms with Crippen molar-refractivity contribution in [2.24, 2.45) is 0 Å². The highest BCUT2D eigenvalue weighted by Crippen LogP contribution is 2.28. The number of hydrogen-bond acceptors (Lipinski definition) is 5. The largest absolute Gasteiger partial charge is 0.382 e. The van der Waals surface area contributed by atoms with E-state index in [0.717, 1.165) is 21.3 Å². The molecule has 1 aromatic carbocycles. The van der Waals surface area contributed by atoms with Crippen LogP contribution < -0.4 is 16.4 Å². The fraction of sp³-hybridized carbons (Fsp3) is 0.231. The Labute approximate surface area is 129 Å². The summed E-state index contributed by atoms with van der Waals surface area (Å²) in [6.07, 6.45) is 0. The van der Waals surface area contributed by atoms with E-state index in [1.165, 1.54) is 11.3 Å². The molecule has 0 spiro atoms. The van der Waals surface area contributed by atoms with E-state index in [0.29, 0.717) is 10.0 Å². The van der Waals surface area contributed by atoms with Gasteiger partial charge < -0.3 is 16.4 Å². The number of nitrogens with two attached hydrogens (primary N) is 1. The number of aryl methyl sites for hydroxylation is 2. The summed E-state index contributed by atoms with van der Waals surface area (Å²) in [5.74, 6) is -0.000657. The number of nitrogen functional groups attached to an aromatic ring is 1. The number of amides is 1.